The van der Waals surface area contributed by atoms with Crippen LogP contribution in [0.25, 0.3) is 22.4 Å². The molecule has 0 amide bonds. The Balaban J connectivity index is 1.47. The van der Waals surface area contributed by atoms with E-state index >= 15 is 0 Å². The summed E-state index contributed by atoms with van der Waals surface area (Å²) >= 11 is 0. The molecule has 0 atom stereocenters. The third-order valence-electron chi connectivity index (χ3n) is 6.53. The topological polar surface area (TPSA) is 44.3 Å². The number of hydrogen-bond acceptors (Lipinski definition) is 5. The monoisotopic (exact) mass is 497 g/mol. The first-order valence-corrected chi connectivity index (χ1v) is 12.2. The van der Waals surface area contributed by atoms with Gasteiger partial charge in [-0.25, -0.2) is 13.8 Å². The number of anilines is 3. The Morgan fingerprint density at radius 1 is 0.946 bits per heavy atom. The molecule has 3 heterocycles. The van der Waals surface area contributed by atoms with Crippen LogP contribution in [0, 0.1) is 0 Å². The van der Waals surface area contributed by atoms with E-state index in [2.05, 4.69) is 32.7 Å². The van der Waals surface area contributed by atoms with Crippen molar-refractivity contribution in [3.05, 3.63) is 103 Å². The molecule has 0 spiro atoms. The molecule has 0 aliphatic carbocycles. The number of fused-ring (bicyclic) bond motifs is 1. The lowest BCUT2D eigenvalue weighted by molar-refractivity contribution is 0.0175. The molecule has 188 valence electrons. The number of nitrogens with one attached hydrogen (secondary N) is 1. The van der Waals surface area contributed by atoms with E-state index in [0.29, 0.717) is 17.1 Å². The van der Waals surface area contributed by atoms with Crippen LogP contribution in [0.5, 0.6) is 0 Å². The van der Waals surface area contributed by atoms with Gasteiger partial charge in [0.15, 0.2) is 5.82 Å². The van der Waals surface area contributed by atoms with Gasteiger partial charge in [0.2, 0.25) is 0 Å². The number of aromatic nitrogens is 2. The van der Waals surface area contributed by atoms with Gasteiger partial charge < -0.3 is 15.1 Å². The highest BCUT2D eigenvalue weighted by molar-refractivity contribution is 5.76. The summed E-state index contributed by atoms with van der Waals surface area (Å²) in [6.07, 6.45) is 4.51. The van der Waals surface area contributed by atoms with Crippen LogP contribution in [0.2, 0.25) is 0 Å². The van der Waals surface area contributed by atoms with Crippen molar-refractivity contribution in [2.75, 3.05) is 35.3 Å². The molecule has 1 aliphatic rings. The molecule has 37 heavy (non-hydrogen) atoms. The second-order valence-corrected chi connectivity index (χ2v) is 9.33. The summed E-state index contributed by atoms with van der Waals surface area (Å²) in [5.74, 6) is -1.48. The summed E-state index contributed by atoms with van der Waals surface area (Å²) in [5.41, 5.74) is 5.20. The Morgan fingerprint density at radius 3 is 2.51 bits per heavy atom. The van der Waals surface area contributed by atoms with Crippen molar-refractivity contribution in [1.82, 2.24) is 9.97 Å². The van der Waals surface area contributed by atoms with Crippen molar-refractivity contribution >= 4 is 17.2 Å². The molecule has 0 radical (unpaired) electrons. The average molecular weight is 498 g/mol. The van der Waals surface area contributed by atoms with Crippen molar-refractivity contribution in [2.45, 2.75) is 19.3 Å². The van der Waals surface area contributed by atoms with Gasteiger partial charge in [-0.3, -0.25) is 4.98 Å². The van der Waals surface area contributed by atoms with Crippen LogP contribution >= 0.6 is 0 Å². The quantitative estimate of drug-likeness (QED) is 0.306. The van der Waals surface area contributed by atoms with E-state index in [1.165, 1.54) is 12.1 Å². The summed E-state index contributed by atoms with van der Waals surface area (Å²) in [5, 5.41) is 3.45. The number of hydrogen-bond donors (Lipinski definition) is 1. The molecular weight excluding hydrogens is 468 g/mol. The predicted molar refractivity (Wildman–Crippen MR) is 147 cm³/mol. The van der Waals surface area contributed by atoms with Crippen LogP contribution in [-0.4, -0.2) is 30.1 Å². The van der Waals surface area contributed by atoms with Crippen LogP contribution in [0.15, 0.2) is 97.6 Å². The molecule has 0 saturated heterocycles. The Morgan fingerprint density at radius 2 is 1.73 bits per heavy atom. The van der Waals surface area contributed by atoms with Gasteiger partial charge in [-0.1, -0.05) is 43.0 Å². The molecule has 0 bridgehead atoms. The summed E-state index contributed by atoms with van der Waals surface area (Å²) in [7, 11) is 2.04. The Labute approximate surface area is 216 Å². The molecule has 1 N–H and O–H groups in total. The SMILES string of the molecule is C=C(Nc1cccc(-c2cccnc2)c1)N1CCCN(C)c2ccc(-c3cccc(C(C)(F)F)c3)nc21. The van der Waals surface area contributed by atoms with Gasteiger partial charge in [-0.05, 0) is 48.4 Å². The predicted octanol–water partition coefficient (Wildman–Crippen LogP) is 7.15. The van der Waals surface area contributed by atoms with Crippen molar-refractivity contribution in [3.8, 4) is 22.4 Å². The molecule has 2 aromatic carbocycles. The first-order chi connectivity index (χ1) is 17.8. The summed E-state index contributed by atoms with van der Waals surface area (Å²) < 4.78 is 28.0. The first-order valence-electron chi connectivity index (χ1n) is 12.2. The maximum absolute atomic E-state index is 14.0. The number of rotatable bonds is 6. The minimum absolute atomic E-state index is 0.0321. The largest absolute Gasteiger partial charge is 0.372 e. The molecule has 4 aromatic rings. The Hall–Kier alpha value is -4.26. The maximum atomic E-state index is 14.0. The zero-order chi connectivity index (χ0) is 26.0. The number of pyridine rings is 2. The smallest absolute Gasteiger partial charge is 0.270 e. The summed E-state index contributed by atoms with van der Waals surface area (Å²) in [6.45, 7) is 6.83. The Kier molecular flexibility index (Phi) is 6.61. The fraction of sp³-hybridized carbons (Fsp3) is 0.200. The molecule has 0 saturated carbocycles. The minimum Gasteiger partial charge on any atom is -0.372 e. The van der Waals surface area contributed by atoms with E-state index in [-0.39, 0.29) is 5.56 Å². The fourth-order valence-electron chi connectivity index (χ4n) is 4.55. The Bertz CT molecular complexity index is 1420. The van der Waals surface area contributed by atoms with Crippen molar-refractivity contribution < 1.29 is 8.78 Å². The lowest BCUT2D eigenvalue weighted by Gasteiger charge is -2.27. The van der Waals surface area contributed by atoms with Crippen LogP contribution in [0.4, 0.5) is 26.0 Å². The van der Waals surface area contributed by atoms with E-state index in [9.17, 15) is 8.78 Å². The van der Waals surface area contributed by atoms with Crippen LogP contribution in [0.3, 0.4) is 0 Å². The molecule has 5 nitrogen and oxygen atoms in total. The first kappa shape index (κ1) is 24.4. The van der Waals surface area contributed by atoms with E-state index in [1.54, 1.807) is 12.3 Å². The van der Waals surface area contributed by atoms with Gasteiger partial charge in [0.05, 0.1) is 11.4 Å². The average Bonchev–Trinajstić information content (AvgIpc) is 3.07. The van der Waals surface area contributed by atoms with Crippen LogP contribution in [-0.2, 0) is 5.92 Å². The summed E-state index contributed by atoms with van der Waals surface area (Å²) in [6, 6.07) is 22.3. The molecule has 7 heteroatoms. The highest BCUT2D eigenvalue weighted by atomic mass is 19.3. The number of benzene rings is 2. The van der Waals surface area contributed by atoms with Crippen LogP contribution < -0.4 is 15.1 Å². The standard InChI is InChI=1S/C30H29F2N5/c1-21(34-26-12-5-8-22(19-26)24-10-6-15-33-20-24)37-17-7-16-36(3)28-14-13-27(35-29(28)37)23-9-4-11-25(18-23)30(2,31)32/h4-6,8-15,18-20,34H,1,7,16-17H2,2-3H3. The third-order valence-corrected chi connectivity index (χ3v) is 6.53. The van der Waals surface area contributed by atoms with Gasteiger partial charge in [-0.2, -0.15) is 0 Å². The second-order valence-electron chi connectivity index (χ2n) is 9.33. The molecule has 5 rings (SSSR count). The van der Waals surface area contributed by atoms with Crippen molar-refractivity contribution in [1.29, 1.82) is 0 Å². The van der Waals surface area contributed by atoms with Gasteiger partial charge in [0.25, 0.3) is 5.92 Å². The maximum Gasteiger partial charge on any atom is 0.270 e. The molecule has 0 fully saturated rings. The lowest BCUT2D eigenvalue weighted by atomic mass is 10.0. The lowest BCUT2D eigenvalue weighted by Crippen LogP contribution is -2.28. The van der Waals surface area contributed by atoms with E-state index in [4.69, 9.17) is 4.98 Å². The van der Waals surface area contributed by atoms with Gasteiger partial charge in [0.1, 0.15) is 5.82 Å². The highest BCUT2D eigenvalue weighted by Gasteiger charge is 2.26. The van der Waals surface area contributed by atoms with Gasteiger partial charge in [-0.15, -0.1) is 0 Å². The van der Waals surface area contributed by atoms with Crippen LogP contribution in [0.1, 0.15) is 18.9 Å². The second kappa shape index (κ2) is 10.0. The number of alkyl halides is 2. The zero-order valence-corrected chi connectivity index (χ0v) is 21.0. The number of halogens is 2. The van der Waals surface area contributed by atoms with E-state index in [0.717, 1.165) is 54.8 Å². The zero-order valence-electron chi connectivity index (χ0n) is 21.0. The van der Waals surface area contributed by atoms with Crippen molar-refractivity contribution in [2.24, 2.45) is 0 Å². The van der Waals surface area contributed by atoms with Crippen molar-refractivity contribution in [3.63, 3.8) is 0 Å². The number of nitrogens with zero attached hydrogens (tertiary/aromatic N) is 4. The van der Waals surface area contributed by atoms with Gasteiger partial charge >= 0.3 is 0 Å². The fourth-order valence-corrected chi connectivity index (χ4v) is 4.55. The molecular formula is C30H29F2N5. The normalized spacial score (nSPS) is 13.6. The molecule has 2 aromatic heterocycles. The van der Waals surface area contributed by atoms with E-state index in [1.807, 2.05) is 61.8 Å². The molecule has 0 unspecified atom stereocenters. The van der Waals surface area contributed by atoms with E-state index < -0.39 is 5.92 Å². The van der Waals surface area contributed by atoms with Gasteiger partial charge in [0, 0.05) is 61.8 Å². The molecule has 1 aliphatic heterocycles. The minimum atomic E-state index is -2.92. The summed E-state index contributed by atoms with van der Waals surface area (Å²) in [4.78, 5) is 13.4. The third kappa shape index (κ3) is 5.31. The highest BCUT2D eigenvalue weighted by Crippen LogP contribution is 2.36.